The first-order valence-corrected chi connectivity index (χ1v) is 13.3. The van der Waals surface area contributed by atoms with Gasteiger partial charge >= 0.3 is 0 Å². The van der Waals surface area contributed by atoms with Gasteiger partial charge in [-0.25, -0.2) is 0 Å². The maximum atomic E-state index is 9.61. The van der Waals surface area contributed by atoms with Crippen molar-refractivity contribution >= 4 is 59.4 Å². The van der Waals surface area contributed by atoms with Crippen LogP contribution in [0.1, 0.15) is 69.5 Å². The van der Waals surface area contributed by atoms with E-state index in [9.17, 15) is 15.1 Å². The lowest BCUT2D eigenvalue weighted by Crippen LogP contribution is -1.98. The van der Waals surface area contributed by atoms with Gasteiger partial charge in [0.25, 0.3) is 0 Å². The number of fused-ring (bicyclic) bond motifs is 5. The lowest BCUT2D eigenvalue weighted by Gasteiger charge is -2.23. The van der Waals surface area contributed by atoms with Gasteiger partial charge in [0.05, 0.1) is 32.9 Å². The highest BCUT2D eigenvalue weighted by atomic mass is 14.3. The zero-order chi connectivity index (χ0) is 53.4. The lowest BCUT2D eigenvalue weighted by atomic mass is 9.80. The van der Waals surface area contributed by atoms with Gasteiger partial charge in [-0.2, -0.15) is 0 Å². The monoisotopic (exact) mass is 588 g/mol. The summed E-state index contributed by atoms with van der Waals surface area (Å²) in [5, 5.41) is -7.25. The molecule has 8 aromatic rings. The van der Waals surface area contributed by atoms with Gasteiger partial charge in [0.2, 0.25) is 0 Å². The summed E-state index contributed by atoms with van der Waals surface area (Å²) in [6.07, 6.45) is -7.33. The Morgan fingerprint density at radius 2 is 0.841 bits per heavy atom. The molecule has 44 heavy (non-hydrogen) atoms. The summed E-state index contributed by atoms with van der Waals surface area (Å²) in [7, 11) is 0. The molecule has 0 saturated heterocycles. The molecule has 0 heterocycles. The molecule has 0 bridgehead atoms. The maximum absolute atomic E-state index is 9.61. The van der Waals surface area contributed by atoms with Crippen LogP contribution < -0.4 is 0 Å². The zero-order valence-corrected chi connectivity index (χ0v) is 22.3. The van der Waals surface area contributed by atoms with Crippen molar-refractivity contribution in [2.75, 3.05) is 0 Å². The van der Waals surface area contributed by atoms with Crippen molar-refractivity contribution in [3.8, 4) is 22.3 Å². The van der Waals surface area contributed by atoms with Crippen LogP contribution in [0.25, 0.3) is 81.7 Å². The van der Waals surface area contributed by atoms with Crippen LogP contribution in [-0.4, -0.2) is 0 Å². The Hall–Kier alpha value is -5.20. The predicted octanol–water partition coefficient (Wildman–Crippen LogP) is 12.7. The number of benzene rings is 8. The fourth-order valence-corrected chi connectivity index (χ4v) is 5.72. The molecule has 9 rings (SSSR count). The summed E-state index contributed by atoms with van der Waals surface area (Å²) < 4.78 is 254. The van der Waals surface area contributed by atoms with E-state index in [-0.39, 0.29) is 0 Å². The minimum absolute atomic E-state index is 0.597. The Morgan fingerprint density at radius 3 is 1.36 bits per heavy atom. The van der Waals surface area contributed by atoms with Crippen LogP contribution in [0.15, 0.2) is 145 Å². The van der Waals surface area contributed by atoms with E-state index >= 15 is 0 Å². The highest BCUT2D eigenvalue weighted by Crippen LogP contribution is 2.49. The van der Waals surface area contributed by atoms with E-state index in [1.807, 2.05) is 0 Å². The Morgan fingerprint density at radius 1 is 0.409 bits per heavy atom. The third kappa shape index (κ3) is 3.84. The number of hydrogen-bond donors (Lipinski definition) is 0. The van der Waals surface area contributed by atoms with Crippen LogP contribution in [0.2, 0.25) is 0 Å². The fraction of sp³-hybridized carbons (Fsp3) is 0.0909. The number of allylic oxidation sites excluding steroid dienone is 2. The van der Waals surface area contributed by atoms with Crippen molar-refractivity contribution in [3.63, 3.8) is 0 Å². The summed E-state index contributed by atoms with van der Waals surface area (Å²) in [5.74, 6) is 0. The second kappa shape index (κ2) is 10.2. The van der Waals surface area contributed by atoms with E-state index in [1.165, 1.54) is 0 Å². The number of rotatable bonds is 3. The average molecular weight is 589 g/mol. The largest absolute Gasteiger partial charge is 0.0807 e. The smallest absolute Gasteiger partial charge is 0.0636 e. The third-order valence-electron chi connectivity index (χ3n) is 7.48. The third-order valence-corrected chi connectivity index (χ3v) is 7.48. The molecule has 4 atom stereocenters. The van der Waals surface area contributed by atoms with Gasteiger partial charge in [-0.05, 0) is 119 Å². The highest BCUT2D eigenvalue weighted by Gasteiger charge is 2.23. The molecule has 208 valence electrons. The van der Waals surface area contributed by atoms with Crippen LogP contribution in [0.3, 0.4) is 0 Å². The van der Waals surface area contributed by atoms with Gasteiger partial charge in [-0.1, -0.05) is 139 Å². The van der Waals surface area contributed by atoms with Gasteiger partial charge in [-0.3, -0.25) is 0 Å². The van der Waals surface area contributed by atoms with Crippen LogP contribution >= 0.6 is 0 Å². The van der Waals surface area contributed by atoms with Gasteiger partial charge in [0.15, 0.2) is 0 Å². The molecule has 1 aliphatic rings. The van der Waals surface area contributed by atoms with E-state index in [1.54, 1.807) is 0 Å². The summed E-state index contributed by atoms with van der Waals surface area (Å²) in [5.41, 5.74) is -4.32. The quantitative estimate of drug-likeness (QED) is 0.180. The molecule has 0 heteroatoms. The van der Waals surface area contributed by atoms with Crippen molar-refractivity contribution in [3.05, 3.63) is 151 Å². The molecule has 0 saturated carbocycles. The summed E-state index contributed by atoms with van der Waals surface area (Å²) >= 11 is 0. The van der Waals surface area contributed by atoms with Crippen molar-refractivity contribution < 1.29 is 38.4 Å². The van der Waals surface area contributed by atoms with Crippen molar-refractivity contribution in [2.24, 2.45) is 0 Å². The van der Waals surface area contributed by atoms with Crippen LogP contribution in [0.5, 0.6) is 0 Å². The number of hydrogen-bond acceptors (Lipinski definition) is 0. The molecule has 0 spiro atoms. The summed E-state index contributed by atoms with van der Waals surface area (Å²) in [6, 6.07) is -23.2. The molecule has 0 fully saturated rings. The first-order chi connectivity index (χ1) is 33.5. The molecule has 0 radical (unpaired) electrons. The van der Waals surface area contributed by atoms with Crippen LogP contribution in [-0.2, 0) is 0 Å². The van der Waals surface area contributed by atoms with E-state index in [0.717, 1.165) is 0 Å². The molecule has 8 aromatic carbocycles. The summed E-state index contributed by atoms with van der Waals surface area (Å²) in [4.78, 5) is 0. The second-order valence-electron chi connectivity index (χ2n) is 9.78. The average Bonchev–Trinajstić information content (AvgIpc) is 3.35. The van der Waals surface area contributed by atoms with E-state index in [4.69, 9.17) is 23.3 Å². The van der Waals surface area contributed by atoms with Crippen LogP contribution in [0.4, 0.5) is 0 Å². The molecule has 0 aliphatic heterocycles. The Bertz CT molecular complexity index is 3770. The van der Waals surface area contributed by atoms with Crippen molar-refractivity contribution in [2.45, 2.75) is 25.6 Å². The molecular weight excluding hydrogens is 528 g/mol. The van der Waals surface area contributed by atoms with Gasteiger partial charge in [-0.15, -0.1) is 0 Å². The normalized spacial score (nSPS) is 29.5. The van der Waals surface area contributed by atoms with Crippen LogP contribution in [0, 0.1) is 0 Å². The minimum Gasteiger partial charge on any atom is -0.0807 e. The first kappa shape index (κ1) is 9.91. The van der Waals surface area contributed by atoms with Gasteiger partial charge < -0.3 is 0 Å². The predicted molar refractivity (Wildman–Crippen MR) is 191 cm³/mol. The molecule has 0 N–H and O–H groups in total. The molecule has 0 aromatic heterocycles. The molecular formula is C44H32. The zero-order valence-electron chi connectivity index (χ0n) is 50.3. The Labute approximate surface area is 297 Å². The second-order valence-corrected chi connectivity index (χ2v) is 9.78. The van der Waals surface area contributed by atoms with E-state index < -0.39 is 258 Å². The Balaban J connectivity index is 1.74. The van der Waals surface area contributed by atoms with Gasteiger partial charge in [0.1, 0.15) is 0 Å². The lowest BCUT2D eigenvalue weighted by molar-refractivity contribution is 0.743. The molecule has 0 amide bonds. The summed E-state index contributed by atoms with van der Waals surface area (Å²) in [6.45, 7) is 0. The minimum atomic E-state index is -1.97. The molecule has 0 nitrogen and oxygen atoms in total. The van der Waals surface area contributed by atoms with E-state index in [0.29, 0.717) is 0 Å². The van der Waals surface area contributed by atoms with E-state index in [2.05, 4.69) is 0 Å². The highest BCUT2D eigenvalue weighted by molar-refractivity contribution is 6.29. The van der Waals surface area contributed by atoms with Crippen molar-refractivity contribution in [1.82, 2.24) is 0 Å². The topological polar surface area (TPSA) is 0 Å². The molecule has 1 aliphatic carbocycles. The van der Waals surface area contributed by atoms with Gasteiger partial charge in [0, 0.05) is 5.48 Å². The SMILES string of the molecule is [2H]C1=C(c2c3c([2H])c([2H])c([2H])c([2H])c3c(-c3c4c([2H])c([2H])c([2H])c([2H])c4c(-c4c([2H])c([2H])c5c([2H])c([2H])c([2H])c([2H])c5c4[2H])c4c([2H])c([2H])c([2H])c([2H])c34)c3c([2H])c([2H])c([2H])c([2H])c23)C([2H])C([2H])C([2H])C1[2H]. The maximum Gasteiger partial charge on any atom is 0.0636 e. The Kier molecular flexibility index (Phi) is 2.30. The fourth-order valence-electron chi connectivity index (χ4n) is 5.72. The first-order valence-electron chi connectivity index (χ1n) is 27.6. The van der Waals surface area contributed by atoms with Crippen molar-refractivity contribution in [1.29, 1.82) is 0 Å². The standard InChI is InChI=1S/C44H32/c1-2-15-30(16-3-1)41-33-18-6-10-22-37(33)43(38-23-11-7-19-34(38)41)44-39-24-12-8-20-35(39)42(36-21-9-13-25-40(36)44)32-27-26-29-14-4-5-17-31(29)28-32/h4-15,17-28H,1-3,16H2/i1D,2D,3D,4D,5D,6D,7D,8D,9D,10D,11D,12D,13D,14D,15D,16D,17D,18D,19D,20D,21D,22D,23D,24D,25D,26D,27D,28D. The molecule has 4 unspecified atom stereocenters.